The zero-order valence-electron chi connectivity index (χ0n) is 10.7. The summed E-state index contributed by atoms with van der Waals surface area (Å²) >= 11 is 0. The normalized spacial score (nSPS) is 43.6. The molecule has 0 spiro atoms. The number of carbonyl (C=O) groups is 1. The molecule has 3 fully saturated rings. The molecular weight excluding hydrogens is 244 g/mol. The lowest BCUT2D eigenvalue weighted by atomic mass is 9.72. The number of fused-ring (bicyclic) bond motifs is 5. The van der Waals surface area contributed by atoms with Crippen LogP contribution in [-0.4, -0.2) is 16.2 Å². The molecule has 102 valence electrons. The molecule has 3 aliphatic rings. The maximum absolute atomic E-state index is 11.0. The summed E-state index contributed by atoms with van der Waals surface area (Å²) in [6, 6.07) is 3.10. The summed E-state index contributed by atoms with van der Waals surface area (Å²) in [7, 11) is 0. The highest BCUT2D eigenvalue weighted by atomic mass is 16.4. The van der Waals surface area contributed by atoms with Crippen LogP contribution in [0.4, 0.5) is 0 Å². The zero-order valence-corrected chi connectivity index (χ0v) is 10.7. The van der Waals surface area contributed by atoms with Crippen molar-refractivity contribution in [3.05, 3.63) is 23.7 Å². The molecule has 4 nitrogen and oxygen atoms in total. The largest absolute Gasteiger partial charge is 0.475 e. The van der Waals surface area contributed by atoms with Gasteiger partial charge < -0.3 is 14.6 Å². The number of carboxylic acid groups (broad SMARTS) is 1. The molecular formula is C15H18O4. The van der Waals surface area contributed by atoms with Gasteiger partial charge in [0.05, 0.1) is 0 Å². The van der Waals surface area contributed by atoms with E-state index in [0.717, 1.165) is 18.8 Å². The van der Waals surface area contributed by atoms with Crippen LogP contribution < -0.4 is 0 Å². The molecule has 2 N–H and O–H groups in total. The van der Waals surface area contributed by atoms with Gasteiger partial charge in [0.2, 0.25) is 5.76 Å². The number of furan rings is 1. The highest BCUT2D eigenvalue weighted by molar-refractivity contribution is 5.84. The molecule has 1 heterocycles. The van der Waals surface area contributed by atoms with E-state index in [4.69, 9.17) is 9.52 Å². The molecule has 3 aliphatic carbocycles. The van der Waals surface area contributed by atoms with Crippen LogP contribution in [0.2, 0.25) is 0 Å². The Bertz CT molecular complexity index is 534. The van der Waals surface area contributed by atoms with Crippen LogP contribution in [0.3, 0.4) is 0 Å². The fourth-order valence-electron chi connectivity index (χ4n) is 5.08. The van der Waals surface area contributed by atoms with Gasteiger partial charge in [0, 0.05) is 0 Å². The number of carboxylic acids is 1. The number of rotatable bonds is 2. The Morgan fingerprint density at radius 3 is 2.84 bits per heavy atom. The minimum atomic E-state index is -1.07. The van der Waals surface area contributed by atoms with E-state index < -0.39 is 11.6 Å². The Labute approximate surface area is 111 Å². The number of aliphatic hydroxyl groups is 1. The average Bonchev–Trinajstić information content (AvgIpc) is 3.10. The lowest BCUT2D eigenvalue weighted by Crippen LogP contribution is -2.38. The lowest BCUT2D eigenvalue weighted by Gasteiger charge is -2.37. The van der Waals surface area contributed by atoms with E-state index in [-0.39, 0.29) is 11.7 Å². The number of aromatic carboxylic acids is 1. The lowest BCUT2D eigenvalue weighted by molar-refractivity contribution is -0.0673. The first-order valence-corrected chi connectivity index (χ1v) is 7.15. The molecule has 0 aromatic carbocycles. The molecule has 0 amide bonds. The Balaban J connectivity index is 1.69. The van der Waals surface area contributed by atoms with Crippen LogP contribution in [0.5, 0.6) is 0 Å². The summed E-state index contributed by atoms with van der Waals surface area (Å²) in [5.74, 6) is 1.58. The number of hydrogen-bond donors (Lipinski definition) is 2. The quantitative estimate of drug-likeness (QED) is 0.859. The van der Waals surface area contributed by atoms with Gasteiger partial charge in [-0.05, 0) is 61.5 Å². The molecule has 4 rings (SSSR count). The minimum absolute atomic E-state index is 0.0748. The summed E-state index contributed by atoms with van der Waals surface area (Å²) in [4.78, 5) is 10.9. The summed E-state index contributed by atoms with van der Waals surface area (Å²) in [6.07, 6.45) is 5.61. The molecule has 0 aliphatic heterocycles. The maximum Gasteiger partial charge on any atom is 0.371 e. The van der Waals surface area contributed by atoms with Crippen molar-refractivity contribution in [2.75, 3.05) is 0 Å². The van der Waals surface area contributed by atoms with Gasteiger partial charge in [-0.15, -0.1) is 0 Å². The van der Waals surface area contributed by atoms with Crippen LogP contribution in [0, 0.1) is 23.7 Å². The van der Waals surface area contributed by atoms with Gasteiger partial charge in [-0.2, -0.15) is 0 Å². The van der Waals surface area contributed by atoms with Crippen molar-refractivity contribution < 1.29 is 19.4 Å². The van der Waals surface area contributed by atoms with Gasteiger partial charge in [0.25, 0.3) is 0 Å². The predicted molar refractivity (Wildman–Crippen MR) is 66.6 cm³/mol. The Kier molecular flexibility index (Phi) is 2.20. The van der Waals surface area contributed by atoms with E-state index in [2.05, 4.69) is 0 Å². The van der Waals surface area contributed by atoms with Crippen molar-refractivity contribution in [2.24, 2.45) is 23.7 Å². The van der Waals surface area contributed by atoms with Crippen LogP contribution in [0.15, 0.2) is 16.5 Å². The third-order valence-corrected chi connectivity index (χ3v) is 5.73. The Morgan fingerprint density at radius 2 is 2.11 bits per heavy atom. The monoisotopic (exact) mass is 262 g/mol. The van der Waals surface area contributed by atoms with Crippen LogP contribution in [0.25, 0.3) is 0 Å². The van der Waals surface area contributed by atoms with Crippen LogP contribution in [-0.2, 0) is 5.60 Å². The fraction of sp³-hybridized carbons (Fsp3) is 0.667. The van der Waals surface area contributed by atoms with E-state index >= 15 is 0 Å². The molecule has 19 heavy (non-hydrogen) atoms. The molecule has 5 atom stereocenters. The van der Waals surface area contributed by atoms with Crippen molar-refractivity contribution in [3.63, 3.8) is 0 Å². The van der Waals surface area contributed by atoms with Crippen molar-refractivity contribution in [1.29, 1.82) is 0 Å². The van der Waals surface area contributed by atoms with E-state index in [1.165, 1.54) is 25.3 Å². The van der Waals surface area contributed by atoms with Gasteiger partial charge in [0.1, 0.15) is 11.4 Å². The van der Waals surface area contributed by atoms with Gasteiger partial charge in [0.15, 0.2) is 0 Å². The van der Waals surface area contributed by atoms with Gasteiger partial charge in [-0.1, -0.05) is 6.42 Å². The molecule has 0 saturated heterocycles. The molecule has 3 saturated carbocycles. The molecule has 1 aromatic heterocycles. The Morgan fingerprint density at radius 1 is 1.32 bits per heavy atom. The first-order valence-electron chi connectivity index (χ1n) is 7.15. The second-order valence-electron chi connectivity index (χ2n) is 6.46. The molecule has 5 unspecified atom stereocenters. The zero-order chi connectivity index (χ0) is 13.2. The van der Waals surface area contributed by atoms with Crippen molar-refractivity contribution in [3.8, 4) is 0 Å². The van der Waals surface area contributed by atoms with E-state index in [1.54, 1.807) is 6.07 Å². The van der Waals surface area contributed by atoms with Crippen molar-refractivity contribution in [2.45, 2.75) is 37.7 Å². The van der Waals surface area contributed by atoms with Crippen molar-refractivity contribution in [1.82, 2.24) is 0 Å². The summed E-state index contributed by atoms with van der Waals surface area (Å²) in [5.41, 5.74) is -0.927. The second kappa shape index (κ2) is 3.63. The van der Waals surface area contributed by atoms with E-state index in [0.29, 0.717) is 17.6 Å². The SMILES string of the molecule is O=C(O)c1ccc(C2(O)CC3CC2C2CCCC32)o1. The van der Waals surface area contributed by atoms with Crippen LogP contribution in [0.1, 0.15) is 48.4 Å². The van der Waals surface area contributed by atoms with Crippen LogP contribution >= 0.6 is 0 Å². The van der Waals surface area contributed by atoms with E-state index in [1.807, 2.05) is 0 Å². The van der Waals surface area contributed by atoms with Gasteiger partial charge in [-0.3, -0.25) is 0 Å². The maximum atomic E-state index is 11.0. The number of hydrogen-bond acceptors (Lipinski definition) is 3. The third-order valence-electron chi connectivity index (χ3n) is 5.73. The fourth-order valence-corrected chi connectivity index (χ4v) is 5.08. The smallest absolute Gasteiger partial charge is 0.371 e. The first-order chi connectivity index (χ1) is 9.09. The van der Waals surface area contributed by atoms with Gasteiger partial charge >= 0.3 is 5.97 Å². The van der Waals surface area contributed by atoms with Gasteiger partial charge in [-0.25, -0.2) is 4.79 Å². The highest BCUT2D eigenvalue weighted by Crippen LogP contribution is 2.65. The molecule has 2 bridgehead atoms. The van der Waals surface area contributed by atoms with Crippen molar-refractivity contribution >= 4 is 5.97 Å². The minimum Gasteiger partial charge on any atom is -0.475 e. The summed E-state index contributed by atoms with van der Waals surface area (Å²) < 4.78 is 5.38. The molecule has 1 aromatic rings. The van der Waals surface area contributed by atoms with E-state index in [9.17, 15) is 9.90 Å². The average molecular weight is 262 g/mol. The second-order valence-corrected chi connectivity index (χ2v) is 6.46. The first kappa shape index (κ1) is 11.5. The Hall–Kier alpha value is -1.29. The summed E-state index contributed by atoms with van der Waals surface area (Å²) in [6.45, 7) is 0. The molecule has 4 heteroatoms. The topological polar surface area (TPSA) is 70.7 Å². The standard InChI is InChI=1S/C15H18O4/c16-14(17)12-4-5-13(19-12)15(18)7-8-6-11(15)10-3-1-2-9(8)10/h4-5,8-11,18H,1-3,6-7H2,(H,16,17). The third kappa shape index (κ3) is 1.41. The summed E-state index contributed by atoms with van der Waals surface area (Å²) in [5, 5.41) is 19.9. The predicted octanol–water partition coefficient (Wildman–Crippen LogP) is 2.62. The molecule has 0 radical (unpaired) electrons. The highest BCUT2D eigenvalue weighted by Gasteiger charge is 2.62.